The fourth-order valence-electron chi connectivity index (χ4n) is 1.61. The Morgan fingerprint density at radius 3 is 2.72 bits per heavy atom. The van der Waals surface area contributed by atoms with Gasteiger partial charge in [-0.05, 0) is 0 Å². The molecule has 0 aromatic heterocycles. The number of ether oxygens (including phenoxy) is 1. The third-order valence-electron chi connectivity index (χ3n) is 2.73. The number of amides is 2. The second-order valence-electron chi connectivity index (χ2n) is 4.27. The summed E-state index contributed by atoms with van der Waals surface area (Å²) in [5.41, 5.74) is 0. The minimum atomic E-state index is -0.368. The third kappa shape index (κ3) is 3.90. The fraction of sp³-hybridized carbons (Fsp3) is 0.727. The molecule has 1 unspecified atom stereocenters. The zero-order chi connectivity index (χ0) is 13.7. The second-order valence-corrected chi connectivity index (χ2v) is 5.22. The SMILES string of the molecule is COC(=O)C(C)CN(C)C(=O)CN1CSCC1=O. The van der Waals surface area contributed by atoms with Crippen LogP contribution in [0.2, 0.25) is 0 Å². The standard InChI is InChI=1S/C11H18N2O4S/c1-8(11(16)17-3)4-12(2)9(14)5-13-7-18-6-10(13)15/h8H,4-7H2,1-3H3. The summed E-state index contributed by atoms with van der Waals surface area (Å²) in [6.07, 6.45) is 0. The number of thioether (sulfide) groups is 1. The van der Waals surface area contributed by atoms with E-state index in [1.165, 1.54) is 28.7 Å². The number of hydrogen-bond acceptors (Lipinski definition) is 5. The first kappa shape index (κ1) is 14.8. The highest BCUT2D eigenvalue weighted by atomic mass is 32.2. The summed E-state index contributed by atoms with van der Waals surface area (Å²) in [5.74, 6) is 0.111. The Labute approximate surface area is 111 Å². The number of carbonyl (C=O) groups excluding carboxylic acids is 3. The van der Waals surface area contributed by atoms with Crippen LogP contribution in [0.15, 0.2) is 0 Å². The van der Waals surface area contributed by atoms with E-state index in [2.05, 4.69) is 4.74 Å². The first-order chi connectivity index (χ1) is 8.45. The van der Waals surface area contributed by atoms with E-state index in [-0.39, 0.29) is 30.2 Å². The number of likely N-dealkylation sites (N-methyl/N-ethyl adjacent to an activating group) is 1. The van der Waals surface area contributed by atoms with Crippen molar-refractivity contribution in [3.63, 3.8) is 0 Å². The van der Waals surface area contributed by atoms with Crippen LogP contribution in [-0.2, 0) is 19.1 Å². The van der Waals surface area contributed by atoms with Gasteiger partial charge >= 0.3 is 5.97 Å². The first-order valence-corrected chi connectivity index (χ1v) is 6.78. The molecule has 1 atom stereocenters. The summed E-state index contributed by atoms with van der Waals surface area (Å²) in [5, 5.41) is 0. The zero-order valence-electron chi connectivity index (χ0n) is 10.8. The summed E-state index contributed by atoms with van der Waals surface area (Å²) < 4.78 is 4.60. The zero-order valence-corrected chi connectivity index (χ0v) is 11.7. The highest BCUT2D eigenvalue weighted by molar-refractivity contribution is 8.00. The quantitative estimate of drug-likeness (QED) is 0.649. The molecule has 0 bridgehead atoms. The topological polar surface area (TPSA) is 66.9 Å². The Morgan fingerprint density at radius 2 is 2.22 bits per heavy atom. The molecule has 0 aromatic carbocycles. The Bertz CT molecular complexity index is 348. The van der Waals surface area contributed by atoms with Gasteiger partial charge in [-0.1, -0.05) is 6.92 Å². The van der Waals surface area contributed by atoms with Crippen LogP contribution in [0.5, 0.6) is 0 Å². The monoisotopic (exact) mass is 274 g/mol. The van der Waals surface area contributed by atoms with Gasteiger partial charge in [0.1, 0.15) is 6.54 Å². The van der Waals surface area contributed by atoms with Crippen LogP contribution in [0, 0.1) is 5.92 Å². The van der Waals surface area contributed by atoms with Crippen molar-refractivity contribution in [3.05, 3.63) is 0 Å². The molecular formula is C11H18N2O4S. The molecule has 0 aliphatic carbocycles. The minimum Gasteiger partial charge on any atom is -0.469 e. The number of methoxy groups -OCH3 is 1. The van der Waals surface area contributed by atoms with Crippen molar-refractivity contribution in [2.75, 3.05) is 38.9 Å². The van der Waals surface area contributed by atoms with E-state index < -0.39 is 0 Å². The van der Waals surface area contributed by atoms with Crippen molar-refractivity contribution in [3.8, 4) is 0 Å². The molecule has 2 amide bonds. The molecule has 18 heavy (non-hydrogen) atoms. The van der Waals surface area contributed by atoms with E-state index >= 15 is 0 Å². The van der Waals surface area contributed by atoms with E-state index in [1.807, 2.05) is 0 Å². The summed E-state index contributed by atoms with van der Waals surface area (Å²) in [6, 6.07) is 0. The smallest absolute Gasteiger partial charge is 0.310 e. The molecule has 6 nitrogen and oxygen atoms in total. The maximum Gasteiger partial charge on any atom is 0.310 e. The normalized spacial score (nSPS) is 16.6. The molecule has 1 aliphatic rings. The van der Waals surface area contributed by atoms with Gasteiger partial charge in [0.2, 0.25) is 11.8 Å². The Kier molecular flexibility index (Phi) is 5.46. The van der Waals surface area contributed by atoms with Gasteiger partial charge in [-0.15, -0.1) is 11.8 Å². The van der Waals surface area contributed by atoms with Crippen LogP contribution in [0.1, 0.15) is 6.92 Å². The Morgan fingerprint density at radius 1 is 1.56 bits per heavy atom. The van der Waals surface area contributed by atoms with Gasteiger partial charge in [-0.3, -0.25) is 14.4 Å². The van der Waals surface area contributed by atoms with Crippen molar-refractivity contribution < 1.29 is 19.1 Å². The van der Waals surface area contributed by atoms with Crippen LogP contribution in [0.4, 0.5) is 0 Å². The van der Waals surface area contributed by atoms with Crippen molar-refractivity contribution in [1.29, 1.82) is 0 Å². The number of hydrogen-bond donors (Lipinski definition) is 0. The molecular weight excluding hydrogens is 256 g/mol. The molecule has 1 fully saturated rings. The molecule has 1 rings (SSSR count). The molecule has 0 radical (unpaired) electrons. The van der Waals surface area contributed by atoms with Gasteiger partial charge in [0.25, 0.3) is 0 Å². The molecule has 1 saturated heterocycles. The molecule has 102 valence electrons. The molecule has 0 aromatic rings. The molecule has 0 saturated carbocycles. The molecule has 0 spiro atoms. The van der Waals surface area contributed by atoms with E-state index in [0.717, 1.165) is 0 Å². The van der Waals surface area contributed by atoms with Gasteiger partial charge in [-0.2, -0.15) is 0 Å². The van der Waals surface area contributed by atoms with E-state index in [0.29, 0.717) is 18.2 Å². The van der Waals surface area contributed by atoms with Crippen LogP contribution >= 0.6 is 11.8 Å². The largest absolute Gasteiger partial charge is 0.469 e. The minimum absolute atomic E-state index is 0.0113. The highest BCUT2D eigenvalue weighted by Gasteiger charge is 2.25. The van der Waals surface area contributed by atoms with Crippen molar-refractivity contribution in [1.82, 2.24) is 9.80 Å². The van der Waals surface area contributed by atoms with Crippen LogP contribution < -0.4 is 0 Å². The van der Waals surface area contributed by atoms with Gasteiger partial charge in [0, 0.05) is 13.6 Å². The van der Waals surface area contributed by atoms with Gasteiger partial charge in [-0.25, -0.2) is 0 Å². The number of rotatable bonds is 5. The predicted molar refractivity (Wildman–Crippen MR) is 67.9 cm³/mol. The number of nitrogens with zero attached hydrogens (tertiary/aromatic N) is 2. The van der Waals surface area contributed by atoms with Crippen molar-refractivity contribution in [2.45, 2.75) is 6.92 Å². The predicted octanol–water partition coefficient (Wildman–Crippen LogP) is -0.213. The van der Waals surface area contributed by atoms with Gasteiger partial charge < -0.3 is 14.5 Å². The van der Waals surface area contributed by atoms with Crippen LogP contribution in [-0.4, -0.2) is 66.5 Å². The highest BCUT2D eigenvalue weighted by Crippen LogP contribution is 2.14. The Hall–Kier alpha value is -1.24. The number of esters is 1. The average molecular weight is 274 g/mol. The summed E-state index contributed by atoms with van der Waals surface area (Å²) in [6.45, 7) is 2.07. The third-order valence-corrected chi connectivity index (χ3v) is 3.67. The van der Waals surface area contributed by atoms with E-state index in [9.17, 15) is 14.4 Å². The fourth-order valence-corrected chi connectivity index (χ4v) is 2.52. The maximum atomic E-state index is 11.9. The average Bonchev–Trinajstić information content (AvgIpc) is 2.73. The lowest BCUT2D eigenvalue weighted by Crippen LogP contribution is -2.41. The lowest BCUT2D eigenvalue weighted by Gasteiger charge is -2.23. The summed E-state index contributed by atoms with van der Waals surface area (Å²) in [4.78, 5) is 37.4. The Balaban J connectivity index is 2.41. The molecule has 1 heterocycles. The molecule has 7 heteroatoms. The summed E-state index contributed by atoms with van der Waals surface area (Å²) >= 11 is 1.50. The summed E-state index contributed by atoms with van der Waals surface area (Å²) in [7, 11) is 2.94. The molecule has 1 aliphatic heterocycles. The second kappa shape index (κ2) is 6.63. The van der Waals surface area contributed by atoms with Crippen molar-refractivity contribution >= 4 is 29.5 Å². The van der Waals surface area contributed by atoms with Crippen molar-refractivity contribution in [2.24, 2.45) is 5.92 Å². The maximum absolute atomic E-state index is 11.9. The van der Waals surface area contributed by atoms with Gasteiger partial charge in [0.05, 0.1) is 24.7 Å². The van der Waals surface area contributed by atoms with E-state index in [4.69, 9.17) is 0 Å². The van der Waals surface area contributed by atoms with E-state index in [1.54, 1.807) is 14.0 Å². The van der Waals surface area contributed by atoms with Crippen LogP contribution in [0.3, 0.4) is 0 Å². The lowest BCUT2D eigenvalue weighted by atomic mass is 10.2. The number of carbonyl (C=O) groups is 3. The lowest BCUT2D eigenvalue weighted by molar-refractivity contribution is -0.146. The molecule has 0 N–H and O–H groups in total. The first-order valence-electron chi connectivity index (χ1n) is 5.63. The van der Waals surface area contributed by atoms with Crippen LogP contribution in [0.25, 0.3) is 0 Å². The van der Waals surface area contributed by atoms with Gasteiger partial charge in [0.15, 0.2) is 0 Å².